The largest absolute Gasteiger partial charge is 0.497 e. The Bertz CT molecular complexity index is 488. The van der Waals surface area contributed by atoms with Crippen LogP contribution < -0.4 is 4.74 Å². The standard InChI is InChI=1S/C10H9NO3.C2H6/c1-14-6-2-3-7-8(10(12)13)5-11-9(7)4-6;1-2/h2-5,11H,1H3,(H,12,13);1-2H3. The Morgan fingerprint density at radius 3 is 2.62 bits per heavy atom. The molecule has 86 valence electrons. The van der Waals surface area contributed by atoms with Gasteiger partial charge in [0.05, 0.1) is 12.7 Å². The van der Waals surface area contributed by atoms with E-state index >= 15 is 0 Å². The predicted octanol–water partition coefficient (Wildman–Crippen LogP) is 2.90. The number of ether oxygens (including phenoxy) is 1. The van der Waals surface area contributed by atoms with Crippen molar-refractivity contribution in [1.82, 2.24) is 4.98 Å². The first-order valence-electron chi connectivity index (χ1n) is 5.11. The van der Waals surface area contributed by atoms with Crippen LogP contribution in [-0.2, 0) is 0 Å². The molecule has 0 unspecified atom stereocenters. The van der Waals surface area contributed by atoms with Crippen molar-refractivity contribution >= 4 is 16.9 Å². The van der Waals surface area contributed by atoms with E-state index in [-0.39, 0.29) is 5.56 Å². The Morgan fingerprint density at radius 1 is 1.38 bits per heavy atom. The molecule has 0 saturated heterocycles. The maximum absolute atomic E-state index is 10.8. The number of aromatic nitrogens is 1. The van der Waals surface area contributed by atoms with E-state index in [9.17, 15) is 4.79 Å². The van der Waals surface area contributed by atoms with Crippen LogP contribution in [-0.4, -0.2) is 23.2 Å². The number of H-pyrrole nitrogens is 1. The second-order valence-corrected chi connectivity index (χ2v) is 2.92. The molecule has 16 heavy (non-hydrogen) atoms. The SMILES string of the molecule is CC.COc1ccc2c(C(=O)O)c[nH]c2c1. The number of fused-ring (bicyclic) bond motifs is 1. The highest BCUT2D eigenvalue weighted by Crippen LogP contribution is 2.22. The van der Waals surface area contributed by atoms with Gasteiger partial charge in [0.25, 0.3) is 0 Å². The summed E-state index contributed by atoms with van der Waals surface area (Å²) in [6.07, 6.45) is 1.48. The molecule has 1 aromatic heterocycles. The minimum atomic E-state index is -0.929. The molecule has 0 bridgehead atoms. The molecule has 4 nitrogen and oxygen atoms in total. The molecule has 0 atom stereocenters. The molecule has 0 fully saturated rings. The van der Waals surface area contributed by atoms with E-state index in [1.54, 1.807) is 25.3 Å². The lowest BCUT2D eigenvalue weighted by Gasteiger charge is -1.98. The van der Waals surface area contributed by atoms with Gasteiger partial charge >= 0.3 is 5.97 Å². The van der Waals surface area contributed by atoms with Crippen molar-refractivity contribution in [1.29, 1.82) is 0 Å². The number of hydrogen-bond acceptors (Lipinski definition) is 2. The molecule has 2 aromatic rings. The van der Waals surface area contributed by atoms with Crippen LogP contribution >= 0.6 is 0 Å². The lowest BCUT2D eigenvalue weighted by atomic mass is 10.2. The first kappa shape index (κ1) is 12.1. The molecule has 0 amide bonds. The lowest BCUT2D eigenvalue weighted by Crippen LogP contribution is -1.93. The maximum atomic E-state index is 10.8. The van der Waals surface area contributed by atoms with E-state index in [0.29, 0.717) is 11.1 Å². The number of methoxy groups -OCH3 is 1. The van der Waals surface area contributed by atoms with Crippen LogP contribution in [0.2, 0.25) is 0 Å². The summed E-state index contributed by atoms with van der Waals surface area (Å²) in [5.41, 5.74) is 1.05. The van der Waals surface area contributed by atoms with Crippen LogP contribution in [0.4, 0.5) is 0 Å². The first-order valence-corrected chi connectivity index (χ1v) is 5.11. The number of carbonyl (C=O) groups is 1. The van der Waals surface area contributed by atoms with Gasteiger partial charge in [0.1, 0.15) is 5.75 Å². The van der Waals surface area contributed by atoms with E-state index < -0.39 is 5.97 Å². The van der Waals surface area contributed by atoms with Crippen LogP contribution in [0, 0.1) is 0 Å². The molecule has 2 rings (SSSR count). The van der Waals surface area contributed by atoms with Crippen LogP contribution in [0.25, 0.3) is 10.9 Å². The quantitative estimate of drug-likeness (QED) is 0.819. The summed E-state index contributed by atoms with van der Waals surface area (Å²) in [7, 11) is 1.57. The van der Waals surface area contributed by atoms with Gasteiger partial charge in [-0.25, -0.2) is 4.79 Å². The summed E-state index contributed by atoms with van der Waals surface area (Å²) in [4.78, 5) is 13.7. The number of rotatable bonds is 2. The average Bonchev–Trinajstić information content (AvgIpc) is 2.74. The van der Waals surface area contributed by atoms with Gasteiger partial charge in [-0.05, 0) is 12.1 Å². The zero-order valence-electron chi connectivity index (χ0n) is 9.57. The zero-order valence-corrected chi connectivity index (χ0v) is 9.57. The van der Waals surface area contributed by atoms with Gasteiger partial charge in [0.2, 0.25) is 0 Å². The van der Waals surface area contributed by atoms with Crippen molar-refractivity contribution < 1.29 is 14.6 Å². The van der Waals surface area contributed by atoms with Crippen molar-refractivity contribution in [2.75, 3.05) is 7.11 Å². The van der Waals surface area contributed by atoms with E-state index in [1.165, 1.54) is 6.20 Å². The summed E-state index contributed by atoms with van der Waals surface area (Å²) in [6, 6.07) is 5.23. The van der Waals surface area contributed by atoms with E-state index in [4.69, 9.17) is 9.84 Å². The number of carboxylic acid groups (broad SMARTS) is 1. The molecule has 1 aromatic carbocycles. The van der Waals surface area contributed by atoms with E-state index in [1.807, 2.05) is 13.8 Å². The summed E-state index contributed by atoms with van der Waals surface area (Å²) in [5.74, 6) is -0.224. The molecular weight excluding hydrogens is 206 g/mol. The third kappa shape index (κ3) is 2.16. The fourth-order valence-corrected chi connectivity index (χ4v) is 1.41. The van der Waals surface area contributed by atoms with Crippen molar-refractivity contribution in [2.24, 2.45) is 0 Å². The molecule has 2 N–H and O–H groups in total. The molecule has 0 spiro atoms. The topological polar surface area (TPSA) is 62.3 Å². The second kappa shape index (κ2) is 5.21. The Morgan fingerprint density at radius 2 is 2.06 bits per heavy atom. The van der Waals surface area contributed by atoms with Gasteiger partial charge in [-0.15, -0.1) is 0 Å². The van der Waals surface area contributed by atoms with E-state index in [0.717, 1.165) is 5.52 Å². The Labute approximate surface area is 93.9 Å². The highest BCUT2D eigenvalue weighted by atomic mass is 16.5. The minimum Gasteiger partial charge on any atom is -0.497 e. The van der Waals surface area contributed by atoms with Gasteiger partial charge in [-0.3, -0.25) is 0 Å². The summed E-state index contributed by atoms with van der Waals surface area (Å²) >= 11 is 0. The molecule has 0 aliphatic rings. The lowest BCUT2D eigenvalue weighted by molar-refractivity contribution is 0.0699. The normalized spacial score (nSPS) is 9.44. The number of nitrogens with one attached hydrogen (secondary N) is 1. The molecule has 0 saturated carbocycles. The number of carboxylic acids is 1. The van der Waals surface area contributed by atoms with Crippen LogP contribution in [0.5, 0.6) is 5.75 Å². The molecule has 0 aliphatic heterocycles. The van der Waals surface area contributed by atoms with Crippen LogP contribution in [0.3, 0.4) is 0 Å². The minimum absolute atomic E-state index is 0.280. The van der Waals surface area contributed by atoms with Crippen LogP contribution in [0.1, 0.15) is 24.2 Å². The highest BCUT2D eigenvalue weighted by Gasteiger charge is 2.10. The molecule has 1 heterocycles. The Kier molecular flexibility index (Phi) is 3.94. The number of aromatic carboxylic acids is 1. The van der Waals surface area contributed by atoms with Crippen molar-refractivity contribution in [3.8, 4) is 5.75 Å². The summed E-state index contributed by atoms with van der Waals surface area (Å²) in [5, 5.41) is 9.54. The van der Waals surface area contributed by atoms with Gasteiger partial charge < -0.3 is 14.8 Å². The van der Waals surface area contributed by atoms with Crippen molar-refractivity contribution in [2.45, 2.75) is 13.8 Å². The third-order valence-electron chi connectivity index (χ3n) is 2.12. The fourth-order valence-electron chi connectivity index (χ4n) is 1.41. The number of hydrogen-bond donors (Lipinski definition) is 2. The van der Waals surface area contributed by atoms with Crippen molar-refractivity contribution in [3.05, 3.63) is 30.0 Å². The van der Waals surface area contributed by atoms with Gasteiger partial charge in [-0.2, -0.15) is 0 Å². The Balaban J connectivity index is 0.000000606. The summed E-state index contributed by atoms with van der Waals surface area (Å²) in [6.45, 7) is 4.00. The predicted molar refractivity (Wildman–Crippen MR) is 63.2 cm³/mol. The number of aromatic amines is 1. The second-order valence-electron chi connectivity index (χ2n) is 2.92. The fraction of sp³-hybridized carbons (Fsp3) is 0.250. The first-order chi connectivity index (χ1) is 7.72. The molecule has 4 heteroatoms. The van der Waals surface area contributed by atoms with Crippen molar-refractivity contribution in [3.63, 3.8) is 0 Å². The molecular formula is C12H15NO3. The molecule has 0 radical (unpaired) electrons. The van der Waals surface area contributed by atoms with Gasteiger partial charge in [0, 0.05) is 23.2 Å². The van der Waals surface area contributed by atoms with Gasteiger partial charge in [0.15, 0.2) is 0 Å². The monoisotopic (exact) mass is 221 g/mol. The third-order valence-corrected chi connectivity index (χ3v) is 2.12. The molecule has 0 aliphatic carbocycles. The maximum Gasteiger partial charge on any atom is 0.337 e. The smallest absolute Gasteiger partial charge is 0.337 e. The zero-order chi connectivity index (χ0) is 12.1. The average molecular weight is 221 g/mol. The Hall–Kier alpha value is -1.97. The van der Waals surface area contributed by atoms with E-state index in [2.05, 4.69) is 4.98 Å². The summed E-state index contributed by atoms with van der Waals surface area (Å²) < 4.78 is 5.02. The van der Waals surface area contributed by atoms with Crippen LogP contribution in [0.15, 0.2) is 24.4 Å². The number of benzene rings is 1. The highest BCUT2D eigenvalue weighted by molar-refractivity contribution is 6.03. The van der Waals surface area contributed by atoms with Gasteiger partial charge in [-0.1, -0.05) is 13.8 Å².